The number of hydrazone groups is 1. The van der Waals surface area contributed by atoms with E-state index in [1.165, 1.54) is 0 Å². The standard InChI is InChI=1S/C9H15N3O2S/c1-5(11-12-9(10)15)3-7-4-6(2)14-8(7)13/h6-7H,3-4H2,1-2H3,(H3,10,12,15)/b11-5+/t6-,7+/m1/s1. The Labute approximate surface area is 94.0 Å². The van der Waals surface area contributed by atoms with Crippen LogP contribution in [0.15, 0.2) is 5.10 Å². The number of thiocarbonyl (C=S) groups is 1. The van der Waals surface area contributed by atoms with Gasteiger partial charge in [0.15, 0.2) is 5.11 Å². The topological polar surface area (TPSA) is 76.7 Å². The Morgan fingerprint density at radius 2 is 2.47 bits per heavy atom. The smallest absolute Gasteiger partial charge is 0.309 e. The maximum atomic E-state index is 11.3. The average Bonchev–Trinajstić information content (AvgIpc) is 2.42. The van der Waals surface area contributed by atoms with E-state index >= 15 is 0 Å². The Morgan fingerprint density at radius 1 is 1.80 bits per heavy atom. The number of ether oxygens (including phenoxy) is 1. The lowest BCUT2D eigenvalue weighted by Gasteiger charge is -2.04. The number of carbonyl (C=O) groups excluding carboxylic acids is 1. The highest BCUT2D eigenvalue weighted by molar-refractivity contribution is 7.80. The molecule has 84 valence electrons. The van der Waals surface area contributed by atoms with Gasteiger partial charge in [-0.25, -0.2) is 0 Å². The van der Waals surface area contributed by atoms with Crippen LogP contribution in [0, 0.1) is 5.92 Å². The monoisotopic (exact) mass is 229 g/mol. The van der Waals surface area contributed by atoms with Crippen LogP contribution >= 0.6 is 12.2 Å². The first-order valence-electron chi connectivity index (χ1n) is 4.78. The van der Waals surface area contributed by atoms with Crippen molar-refractivity contribution in [3.05, 3.63) is 0 Å². The number of cyclic esters (lactones) is 1. The summed E-state index contributed by atoms with van der Waals surface area (Å²) in [5.74, 6) is -0.232. The second-order valence-electron chi connectivity index (χ2n) is 3.71. The first-order valence-corrected chi connectivity index (χ1v) is 5.19. The molecule has 1 fully saturated rings. The van der Waals surface area contributed by atoms with Crippen molar-refractivity contribution >= 4 is 29.0 Å². The summed E-state index contributed by atoms with van der Waals surface area (Å²) in [6.45, 7) is 3.71. The first-order chi connectivity index (χ1) is 6.99. The predicted octanol–water partition coefficient (Wildman–Crippen LogP) is 0.537. The van der Waals surface area contributed by atoms with Gasteiger partial charge in [0, 0.05) is 12.1 Å². The summed E-state index contributed by atoms with van der Waals surface area (Å²) in [6, 6.07) is 0. The number of rotatable bonds is 3. The normalized spacial score (nSPS) is 26.3. The van der Waals surface area contributed by atoms with Crippen molar-refractivity contribution < 1.29 is 9.53 Å². The van der Waals surface area contributed by atoms with E-state index in [1.54, 1.807) is 0 Å². The fraction of sp³-hybridized carbons (Fsp3) is 0.667. The Morgan fingerprint density at radius 3 is 2.93 bits per heavy atom. The molecule has 0 aromatic heterocycles. The van der Waals surface area contributed by atoms with E-state index in [1.807, 2.05) is 13.8 Å². The second kappa shape index (κ2) is 5.06. The van der Waals surface area contributed by atoms with Gasteiger partial charge in [0.1, 0.15) is 0 Å². The van der Waals surface area contributed by atoms with Crippen LogP contribution in [-0.4, -0.2) is 22.9 Å². The Balaban J connectivity index is 2.44. The summed E-state index contributed by atoms with van der Waals surface area (Å²) in [4.78, 5) is 11.3. The van der Waals surface area contributed by atoms with Crippen molar-refractivity contribution in [3.63, 3.8) is 0 Å². The maximum Gasteiger partial charge on any atom is 0.309 e. The van der Waals surface area contributed by atoms with Crippen LogP contribution in [0.25, 0.3) is 0 Å². The molecule has 0 aliphatic carbocycles. The molecule has 0 aromatic carbocycles. The van der Waals surface area contributed by atoms with E-state index in [9.17, 15) is 4.79 Å². The van der Waals surface area contributed by atoms with Crippen molar-refractivity contribution in [2.45, 2.75) is 32.8 Å². The highest BCUT2D eigenvalue weighted by Crippen LogP contribution is 2.23. The van der Waals surface area contributed by atoms with Crippen molar-refractivity contribution in [2.75, 3.05) is 0 Å². The van der Waals surface area contributed by atoms with Gasteiger partial charge >= 0.3 is 5.97 Å². The lowest BCUT2D eigenvalue weighted by molar-refractivity contribution is -0.143. The molecule has 1 rings (SSSR count). The summed E-state index contributed by atoms with van der Waals surface area (Å²) in [6.07, 6.45) is 1.34. The zero-order valence-corrected chi connectivity index (χ0v) is 9.63. The van der Waals surface area contributed by atoms with E-state index in [4.69, 9.17) is 10.5 Å². The molecule has 0 unspecified atom stereocenters. The molecule has 0 spiro atoms. The lowest BCUT2D eigenvalue weighted by Crippen LogP contribution is -2.25. The predicted molar refractivity (Wildman–Crippen MR) is 61.3 cm³/mol. The quantitative estimate of drug-likeness (QED) is 0.320. The number of esters is 1. The SMILES string of the molecule is C/C(C[C@H]1C[C@@H](C)OC1=O)=N\NC(N)=S. The van der Waals surface area contributed by atoms with E-state index in [-0.39, 0.29) is 23.1 Å². The highest BCUT2D eigenvalue weighted by Gasteiger charge is 2.31. The number of hydrogen-bond donors (Lipinski definition) is 2. The van der Waals surface area contributed by atoms with Gasteiger partial charge in [-0.1, -0.05) is 0 Å². The van der Waals surface area contributed by atoms with E-state index in [0.717, 1.165) is 12.1 Å². The van der Waals surface area contributed by atoms with Gasteiger partial charge < -0.3 is 10.5 Å². The molecule has 1 saturated heterocycles. The minimum absolute atomic E-state index is 0.0128. The Hall–Kier alpha value is -1.17. The third kappa shape index (κ3) is 3.83. The summed E-state index contributed by atoms with van der Waals surface area (Å²) in [5.41, 5.74) is 8.50. The van der Waals surface area contributed by atoms with Crippen molar-refractivity contribution in [2.24, 2.45) is 16.8 Å². The summed E-state index contributed by atoms with van der Waals surface area (Å²) in [5, 5.41) is 4.06. The number of hydrogen-bond acceptors (Lipinski definition) is 4. The Bertz CT molecular complexity index is 304. The fourth-order valence-corrected chi connectivity index (χ4v) is 1.60. The van der Waals surface area contributed by atoms with Gasteiger partial charge in [-0.2, -0.15) is 5.10 Å². The van der Waals surface area contributed by atoms with Crippen LogP contribution in [0.1, 0.15) is 26.7 Å². The third-order valence-electron chi connectivity index (χ3n) is 2.17. The van der Waals surface area contributed by atoms with Crippen molar-refractivity contribution in [1.29, 1.82) is 0 Å². The molecule has 0 amide bonds. The molecule has 15 heavy (non-hydrogen) atoms. The molecular weight excluding hydrogens is 214 g/mol. The van der Waals surface area contributed by atoms with Gasteiger partial charge in [-0.05, 0) is 32.5 Å². The molecule has 1 heterocycles. The molecule has 0 saturated carbocycles. The maximum absolute atomic E-state index is 11.3. The average molecular weight is 229 g/mol. The zero-order chi connectivity index (χ0) is 11.4. The second-order valence-corrected chi connectivity index (χ2v) is 4.15. The summed E-state index contributed by atoms with van der Waals surface area (Å²) >= 11 is 4.61. The summed E-state index contributed by atoms with van der Waals surface area (Å²) < 4.78 is 5.04. The van der Waals surface area contributed by atoms with Crippen molar-refractivity contribution in [1.82, 2.24) is 5.43 Å². The molecule has 6 heteroatoms. The van der Waals surface area contributed by atoms with Crippen molar-refractivity contribution in [3.8, 4) is 0 Å². The van der Waals surface area contributed by atoms with Gasteiger partial charge in [0.05, 0.1) is 12.0 Å². The molecule has 3 N–H and O–H groups in total. The molecule has 1 aliphatic heterocycles. The number of nitrogens with two attached hydrogens (primary N) is 1. The van der Waals surface area contributed by atoms with Crippen LogP contribution in [0.5, 0.6) is 0 Å². The van der Waals surface area contributed by atoms with E-state index in [0.29, 0.717) is 6.42 Å². The van der Waals surface area contributed by atoms with Crippen LogP contribution < -0.4 is 11.2 Å². The van der Waals surface area contributed by atoms with E-state index < -0.39 is 0 Å². The van der Waals surface area contributed by atoms with Crippen LogP contribution in [0.3, 0.4) is 0 Å². The first kappa shape index (κ1) is 11.9. The van der Waals surface area contributed by atoms with Gasteiger partial charge in [-0.15, -0.1) is 0 Å². The van der Waals surface area contributed by atoms with Gasteiger partial charge in [0.2, 0.25) is 0 Å². The number of nitrogens with zero attached hydrogens (tertiary/aromatic N) is 1. The lowest BCUT2D eigenvalue weighted by atomic mass is 9.99. The minimum Gasteiger partial charge on any atom is -0.462 e. The Kier molecular flexibility index (Phi) is 4.02. The van der Waals surface area contributed by atoms with Crippen LogP contribution in [0.2, 0.25) is 0 Å². The van der Waals surface area contributed by atoms with E-state index in [2.05, 4.69) is 22.7 Å². The third-order valence-corrected chi connectivity index (χ3v) is 2.26. The molecule has 1 aliphatic rings. The molecular formula is C9H15N3O2S. The molecule has 2 atom stereocenters. The number of carbonyl (C=O) groups is 1. The highest BCUT2D eigenvalue weighted by atomic mass is 32.1. The number of nitrogens with one attached hydrogen (secondary N) is 1. The minimum atomic E-state index is -0.146. The zero-order valence-electron chi connectivity index (χ0n) is 8.82. The molecule has 0 bridgehead atoms. The van der Waals surface area contributed by atoms with Gasteiger partial charge in [0.25, 0.3) is 0 Å². The fourth-order valence-electron chi connectivity index (χ4n) is 1.56. The van der Waals surface area contributed by atoms with Gasteiger partial charge in [-0.3, -0.25) is 10.2 Å². The van der Waals surface area contributed by atoms with Crippen LogP contribution in [0.4, 0.5) is 0 Å². The largest absolute Gasteiger partial charge is 0.462 e. The molecule has 0 radical (unpaired) electrons. The van der Waals surface area contributed by atoms with Crippen LogP contribution in [-0.2, 0) is 9.53 Å². The summed E-state index contributed by atoms with van der Waals surface area (Å²) in [7, 11) is 0. The molecule has 0 aromatic rings. The molecule has 5 nitrogen and oxygen atoms in total.